The second-order valence-corrected chi connectivity index (χ2v) is 6.54. The van der Waals surface area contributed by atoms with E-state index < -0.39 is 0 Å². The Morgan fingerprint density at radius 1 is 1.47 bits per heavy atom. The van der Waals surface area contributed by atoms with Gasteiger partial charge in [0.25, 0.3) is 0 Å². The van der Waals surface area contributed by atoms with Gasteiger partial charge < -0.3 is 10.2 Å². The monoisotopic (exact) mass is 299 g/mol. The molecule has 1 aliphatic heterocycles. The maximum absolute atomic E-state index is 6.20. The summed E-state index contributed by atoms with van der Waals surface area (Å²) in [7, 11) is 0. The molecule has 1 aromatic rings. The molecule has 1 saturated heterocycles. The summed E-state index contributed by atoms with van der Waals surface area (Å²) in [4.78, 5) is 7.11. The van der Waals surface area contributed by atoms with Crippen LogP contribution in [0.2, 0.25) is 5.02 Å². The van der Waals surface area contributed by atoms with Crippen molar-refractivity contribution in [2.45, 2.75) is 32.1 Å². The van der Waals surface area contributed by atoms with Crippen molar-refractivity contribution in [1.29, 1.82) is 0 Å². The Hall–Kier alpha value is -0.450. The van der Waals surface area contributed by atoms with Crippen molar-refractivity contribution in [1.82, 2.24) is 10.3 Å². The van der Waals surface area contributed by atoms with Gasteiger partial charge in [0.15, 0.2) is 0 Å². The number of anilines is 1. The van der Waals surface area contributed by atoms with Crippen LogP contribution in [0.25, 0.3) is 0 Å². The van der Waals surface area contributed by atoms with Crippen LogP contribution in [0.4, 0.5) is 5.82 Å². The van der Waals surface area contributed by atoms with E-state index in [9.17, 15) is 0 Å². The smallest absolute Gasteiger partial charge is 0.129 e. The minimum absolute atomic E-state index is 0.725. The minimum atomic E-state index is 0.725. The van der Waals surface area contributed by atoms with Gasteiger partial charge in [-0.15, -0.1) is 0 Å². The van der Waals surface area contributed by atoms with E-state index in [1.807, 2.05) is 12.1 Å². The van der Waals surface area contributed by atoms with E-state index in [0.717, 1.165) is 48.0 Å². The van der Waals surface area contributed by atoms with Crippen molar-refractivity contribution in [3.8, 4) is 0 Å². The number of aromatic nitrogens is 1. The third-order valence-electron chi connectivity index (χ3n) is 3.36. The van der Waals surface area contributed by atoms with Gasteiger partial charge in [-0.25, -0.2) is 4.98 Å². The Bertz CT molecular complexity index is 414. The van der Waals surface area contributed by atoms with Gasteiger partial charge in [0.1, 0.15) is 5.82 Å². The Morgan fingerprint density at radius 3 is 3.05 bits per heavy atom. The summed E-state index contributed by atoms with van der Waals surface area (Å²) in [5.41, 5.74) is 0.951. The molecule has 5 heteroatoms. The number of nitrogens with zero attached hydrogens (tertiary/aromatic N) is 2. The number of hydrogen-bond acceptors (Lipinski definition) is 4. The fourth-order valence-electron chi connectivity index (χ4n) is 2.19. The average Bonchev–Trinajstić information content (AvgIpc) is 2.46. The van der Waals surface area contributed by atoms with Gasteiger partial charge in [-0.1, -0.05) is 25.4 Å². The summed E-state index contributed by atoms with van der Waals surface area (Å²) in [6, 6.07) is 4.01. The Labute approximate surface area is 125 Å². The predicted molar refractivity (Wildman–Crippen MR) is 85.4 cm³/mol. The summed E-state index contributed by atoms with van der Waals surface area (Å²) in [6.45, 7) is 8.19. The molecule has 1 N–H and O–H groups in total. The van der Waals surface area contributed by atoms with Crippen LogP contribution in [0.1, 0.15) is 26.0 Å². The highest BCUT2D eigenvalue weighted by Crippen LogP contribution is 2.26. The summed E-state index contributed by atoms with van der Waals surface area (Å²) >= 11 is 8.28. The maximum atomic E-state index is 6.20. The van der Waals surface area contributed by atoms with E-state index >= 15 is 0 Å². The maximum Gasteiger partial charge on any atom is 0.129 e. The lowest BCUT2D eigenvalue weighted by Crippen LogP contribution is -2.38. The number of rotatable bonds is 5. The number of pyridine rings is 1. The van der Waals surface area contributed by atoms with Crippen molar-refractivity contribution >= 4 is 29.2 Å². The van der Waals surface area contributed by atoms with Gasteiger partial charge in [-0.05, 0) is 25.1 Å². The number of nitrogens with one attached hydrogen (secondary N) is 1. The standard InChI is InChI=1S/C14H22ClN3S/c1-3-11-10-18(7-8-19-11)14-6-5-12(15)13(17-14)9-16-4-2/h5-6,11,16H,3-4,7-10H2,1-2H3. The van der Waals surface area contributed by atoms with Crippen LogP contribution in [0, 0.1) is 0 Å². The van der Waals surface area contributed by atoms with Gasteiger partial charge in [0, 0.05) is 30.6 Å². The molecular weight excluding hydrogens is 278 g/mol. The summed E-state index contributed by atoms with van der Waals surface area (Å²) in [5.74, 6) is 2.25. The first-order valence-electron chi connectivity index (χ1n) is 6.97. The minimum Gasteiger partial charge on any atom is -0.355 e. The molecule has 0 saturated carbocycles. The van der Waals surface area contributed by atoms with Crippen molar-refractivity contribution in [3.63, 3.8) is 0 Å². The molecule has 3 nitrogen and oxygen atoms in total. The lowest BCUT2D eigenvalue weighted by molar-refractivity contribution is 0.695. The van der Waals surface area contributed by atoms with E-state index in [1.165, 1.54) is 12.2 Å². The largest absolute Gasteiger partial charge is 0.355 e. The summed E-state index contributed by atoms with van der Waals surface area (Å²) < 4.78 is 0. The summed E-state index contributed by atoms with van der Waals surface area (Å²) in [6.07, 6.45) is 1.22. The quantitative estimate of drug-likeness (QED) is 0.904. The van der Waals surface area contributed by atoms with E-state index in [-0.39, 0.29) is 0 Å². The van der Waals surface area contributed by atoms with Gasteiger partial charge in [0.05, 0.1) is 10.7 Å². The molecule has 1 aliphatic rings. The Kier molecular flexibility index (Phi) is 5.79. The van der Waals surface area contributed by atoms with Crippen molar-refractivity contribution < 1.29 is 0 Å². The molecule has 1 aromatic heterocycles. The first-order valence-corrected chi connectivity index (χ1v) is 8.40. The van der Waals surface area contributed by atoms with Crippen LogP contribution in [0.15, 0.2) is 12.1 Å². The molecular formula is C14H22ClN3S. The molecule has 1 atom stereocenters. The number of halogens is 1. The van der Waals surface area contributed by atoms with E-state index in [1.54, 1.807) is 0 Å². The topological polar surface area (TPSA) is 28.2 Å². The van der Waals surface area contributed by atoms with Crippen LogP contribution in [-0.4, -0.2) is 35.6 Å². The van der Waals surface area contributed by atoms with Gasteiger partial charge in [-0.3, -0.25) is 0 Å². The molecule has 19 heavy (non-hydrogen) atoms. The molecule has 0 amide bonds. The van der Waals surface area contributed by atoms with Crippen molar-refractivity contribution in [2.24, 2.45) is 0 Å². The number of hydrogen-bond donors (Lipinski definition) is 1. The first kappa shape index (κ1) is 14.9. The Morgan fingerprint density at radius 2 is 2.32 bits per heavy atom. The lowest BCUT2D eigenvalue weighted by Gasteiger charge is -2.33. The molecule has 0 spiro atoms. The lowest BCUT2D eigenvalue weighted by atomic mass is 10.2. The zero-order valence-electron chi connectivity index (χ0n) is 11.7. The summed E-state index contributed by atoms with van der Waals surface area (Å²) in [5, 5.41) is 4.76. The first-order chi connectivity index (χ1) is 9.24. The van der Waals surface area contributed by atoms with Gasteiger partial charge in [0.2, 0.25) is 0 Å². The van der Waals surface area contributed by atoms with Crippen molar-refractivity contribution in [3.05, 3.63) is 22.8 Å². The van der Waals surface area contributed by atoms with Crippen LogP contribution >= 0.6 is 23.4 Å². The highest BCUT2D eigenvalue weighted by atomic mass is 35.5. The average molecular weight is 300 g/mol. The fourth-order valence-corrected chi connectivity index (χ4v) is 3.54. The number of thioether (sulfide) groups is 1. The van der Waals surface area contributed by atoms with Crippen LogP contribution < -0.4 is 10.2 Å². The molecule has 2 heterocycles. The zero-order valence-corrected chi connectivity index (χ0v) is 13.2. The van der Waals surface area contributed by atoms with Gasteiger partial charge >= 0.3 is 0 Å². The third-order valence-corrected chi connectivity index (χ3v) is 5.08. The Balaban J connectivity index is 2.10. The third kappa shape index (κ3) is 4.01. The van der Waals surface area contributed by atoms with Crippen LogP contribution in [-0.2, 0) is 6.54 Å². The van der Waals surface area contributed by atoms with E-state index in [0.29, 0.717) is 0 Å². The molecule has 0 radical (unpaired) electrons. The van der Waals surface area contributed by atoms with Gasteiger partial charge in [-0.2, -0.15) is 11.8 Å². The van der Waals surface area contributed by atoms with E-state index in [2.05, 4.69) is 35.8 Å². The van der Waals surface area contributed by atoms with E-state index in [4.69, 9.17) is 16.6 Å². The fraction of sp³-hybridized carbons (Fsp3) is 0.643. The molecule has 0 bridgehead atoms. The molecule has 1 fully saturated rings. The predicted octanol–water partition coefficient (Wildman–Crippen LogP) is 3.18. The normalized spacial score (nSPS) is 19.7. The highest BCUT2D eigenvalue weighted by molar-refractivity contribution is 8.00. The van der Waals surface area contributed by atoms with Crippen LogP contribution in [0.3, 0.4) is 0 Å². The second-order valence-electron chi connectivity index (χ2n) is 4.73. The molecule has 2 rings (SSSR count). The second kappa shape index (κ2) is 7.36. The zero-order chi connectivity index (χ0) is 13.7. The molecule has 0 aromatic carbocycles. The SMILES string of the molecule is CCNCc1nc(N2CCSC(CC)C2)ccc1Cl. The molecule has 106 valence electrons. The molecule has 0 aliphatic carbocycles. The van der Waals surface area contributed by atoms with Crippen molar-refractivity contribution in [2.75, 3.05) is 30.3 Å². The van der Waals surface area contributed by atoms with Crippen LogP contribution in [0.5, 0.6) is 0 Å². The molecule has 1 unspecified atom stereocenters. The highest BCUT2D eigenvalue weighted by Gasteiger charge is 2.20.